The summed E-state index contributed by atoms with van der Waals surface area (Å²) >= 11 is 3.15. The number of rotatable bonds is 34. The molecule has 0 saturated heterocycles. The number of allylic oxidation sites excluding steroid dienone is 4. The molecule has 3 nitrogen and oxygen atoms in total. The minimum Gasteiger partial charge on any atom is -0.309 e. The van der Waals surface area contributed by atoms with Gasteiger partial charge in [-0.1, -0.05) is 144 Å². The van der Waals surface area contributed by atoms with Crippen molar-refractivity contribution in [2.24, 2.45) is 17.8 Å². The van der Waals surface area contributed by atoms with Gasteiger partial charge in [0.25, 0.3) is 0 Å². The van der Waals surface area contributed by atoms with E-state index < -0.39 is 0 Å². The molecule has 0 radical (unpaired) electrons. The predicted molar refractivity (Wildman–Crippen MR) is 225 cm³/mol. The molecule has 2 unspecified atom stereocenters. The van der Waals surface area contributed by atoms with E-state index in [0.29, 0.717) is 22.1 Å². The maximum absolute atomic E-state index is 12.3. The molecule has 0 aromatic heterocycles. The van der Waals surface area contributed by atoms with Crippen LogP contribution in [0.4, 0.5) is 0 Å². The molecule has 5 heteroatoms. The molecular weight excluding hydrogens is 639 g/mol. The van der Waals surface area contributed by atoms with Gasteiger partial charge in [-0.15, -0.1) is 0 Å². The predicted octanol–water partition coefficient (Wildman–Crippen LogP) is 14.3. The van der Waals surface area contributed by atoms with E-state index in [1.165, 1.54) is 133 Å². The van der Waals surface area contributed by atoms with E-state index in [4.69, 9.17) is 0 Å². The van der Waals surface area contributed by atoms with Crippen molar-refractivity contribution in [1.29, 1.82) is 0 Å². The molecule has 0 aliphatic carbocycles. The molecule has 288 valence electrons. The molecule has 0 aliphatic rings. The van der Waals surface area contributed by atoms with E-state index in [2.05, 4.69) is 72.7 Å². The highest BCUT2D eigenvalue weighted by Gasteiger charge is 2.11. The number of carbonyl (C=O) groups is 2. The molecule has 0 aromatic rings. The lowest BCUT2D eigenvalue weighted by Gasteiger charge is -2.17. The first-order chi connectivity index (χ1) is 23.5. The third kappa shape index (κ3) is 37.1. The standard InChI is InChI=1S/C44H83NO2S2/c1-38(2)24-22-26-40(5)33-36-48-43(46)31-19-13-9-11-16-28-42(30-18-15-21-35-45(7)8)29-17-12-10-14-20-32-44(47)49-37-34-41(6)27-23-25-39(3)4/h24-25,40-42H,9-23,26-37H2,1-8H3. The second-order valence-corrected chi connectivity index (χ2v) is 18.4. The number of unbranched alkanes of at least 4 members (excludes halogenated alkanes) is 10. The van der Waals surface area contributed by atoms with Crippen molar-refractivity contribution in [3.8, 4) is 0 Å². The van der Waals surface area contributed by atoms with E-state index in [1.54, 1.807) is 23.5 Å². The smallest absolute Gasteiger partial charge is 0.188 e. The van der Waals surface area contributed by atoms with Crippen LogP contribution in [0.15, 0.2) is 23.3 Å². The number of carbonyl (C=O) groups excluding carboxylic acids is 2. The SMILES string of the molecule is CC(C)=CCCC(C)CCSC(=O)CCCCCCCC(CCCCCCCC(=O)SCCC(C)CCC=C(C)C)CCCCCN(C)C. The summed E-state index contributed by atoms with van der Waals surface area (Å²) in [4.78, 5) is 27.0. The van der Waals surface area contributed by atoms with Gasteiger partial charge in [0.1, 0.15) is 0 Å². The molecule has 0 bridgehead atoms. The monoisotopic (exact) mass is 722 g/mol. The second kappa shape index (κ2) is 34.6. The van der Waals surface area contributed by atoms with Crippen molar-refractivity contribution in [2.45, 2.75) is 196 Å². The van der Waals surface area contributed by atoms with Gasteiger partial charge in [-0.05, 0) is 124 Å². The molecule has 0 N–H and O–H groups in total. The van der Waals surface area contributed by atoms with Gasteiger partial charge in [-0.25, -0.2) is 0 Å². The van der Waals surface area contributed by atoms with Crippen molar-refractivity contribution in [3.63, 3.8) is 0 Å². The van der Waals surface area contributed by atoms with Crippen molar-refractivity contribution in [3.05, 3.63) is 23.3 Å². The molecule has 0 heterocycles. The number of hydrogen-bond acceptors (Lipinski definition) is 5. The molecule has 0 saturated carbocycles. The van der Waals surface area contributed by atoms with Crippen LogP contribution < -0.4 is 0 Å². The number of hydrogen-bond donors (Lipinski definition) is 0. The summed E-state index contributed by atoms with van der Waals surface area (Å²) in [7, 11) is 4.36. The summed E-state index contributed by atoms with van der Waals surface area (Å²) in [5.74, 6) is 4.26. The fourth-order valence-corrected chi connectivity index (χ4v) is 8.50. The lowest BCUT2D eigenvalue weighted by atomic mass is 9.89. The van der Waals surface area contributed by atoms with Crippen molar-refractivity contribution < 1.29 is 9.59 Å². The molecule has 49 heavy (non-hydrogen) atoms. The van der Waals surface area contributed by atoms with Crippen LogP contribution in [-0.2, 0) is 9.59 Å². The molecular formula is C44H83NO2S2. The summed E-state index contributed by atoms with van der Waals surface area (Å²) < 4.78 is 0. The Morgan fingerprint density at radius 2 is 0.878 bits per heavy atom. The average Bonchev–Trinajstić information content (AvgIpc) is 3.02. The van der Waals surface area contributed by atoms with E-state index in [1.807, 2.05) is 0 Å². The molecule has 0 fully saturated rings. The largest absolute Gasteiger partial charge is 0.309 e. The van der Waals surface area contributed by atoms with Gasteiger partial charge in [-0.2, -0.15) is 0 Å². The molecule has 0 amide bonds. The van der Waals surface area contributed by atoms with Gasteiger partial charge < -0.3 is 4.90 Å². The Labute approximate surface area is 315 Å². The van der Waals surface area contributed by atoms with Crippen LogP contribution in [-0.4, -0.2) is 47.3 Å². The van der Waals surface area contributed by atoms with E-state index in [9.17, 15) is 9.59 Å². The highest BCUT2D eigenvalue weighted by atomic mass is 32.2. The Morgan fingerprint density at radius 3 is 1.27 bits per heavy atom. The van der Waals surface area contributed by atoms with E-state index in [0.717, 1.165) is 55.9 Å². The molecule has 0 aromatic carbocycles. The molecule has 2 atom stereocenters. The third-order valence-corrected chi connectivity index (χ3v) is 11.8. The van der Waals surface area contributed by atoms with Gasteiger partial charge in [0.15, 0.2) is 10.2 Å². The number of thioether (sulfide) groups is 2. The summed E-state index contributed by atoms with van der Waals surface area (Å²) in [6, 6.07) is 0. The van der Waals surface area contributed by atoms with Crippen LogP contribution >= 0.6 is 23.5 Å². The van der Waals surface area contributed by atoms with Gasteiger partial charge >= 0.3 is 0 Å². The molecule has 0 rings (SSSR count). The van der Waals surface area contributed by atoms with Crippen molar-refractivity contribution in [2.75, 3.05) is 32.1 Å². The summed E-state index contributed by atoms with van der Waals surface area (Å²) in [6.07, 6.45) is 33.9. The first-order valence-corrected chi connectivity index (χ1v) is 22.7. The first-order valence-electron chi connectivity index (χ1n) is 20.7. The highest BCUT2D eigenvalue weighted by molar-refractivity contribution is 8.13. The topological polar surface area (TPSA) is 37.4 Å². The fourth-order valence-electron chi connectivity index (χ4n) is 6.43. The van der Waals surface area contributed by atoms with Crippen LogP contribution in [0, 0.1) is 17.8 Å². The van der Waals surface area contributed by atoms with Crippen LogP contribution in [0.1, 0.15) is 196 Å². The minimum atomic E-state index is 0.405. The Hall–Kier alpha value is -0.520. The Bertz CT molecular complexity index is 784. The van der Waals surface area contributed by atoms with E-state index >= 15 is 0 Å². The van der Waals surface area contributed by atoms with Gasteiger partial charge in [-0.3, -0.25) is 9.59 Å². The Balaban J connectivity index is 4.06. The second-order valence-electron chi connectivity index (χ2n) is 16.1. The molecule has 0 spiro atoms. The molecule has 0 aliphatic heterocycles. The van der Waals surface area contributed by atoms with Gasteiger partial charge in [0.05, 0.1) is 0 Å². The van der Waals surface area contributed by atoms with Crippen LogP contribution in [0.2, 0.25) is 0 Å². The van der Waals surface area contributed by atoms with E-state index in [-0.39, 0.29) is 0 Å². The van der Waals surface area contributed by atoms with Crippen LogP contribution in [0.3, 0.4) is 0 Å². The lowest BCUT2D eigenvalue weighted by Crippen LogP contribution is -2.12. The zero-order valence-corrected chi connectivity index (χ0v) is 35.7. The zero-order chi connectivity index (χ0) is 36.5. The van der Waals surface area contributed by atoms with Crippen molar-refractivity contribution >= 4 is 33.8 Å². The van der Waals surface area contributed by atoms with Gasteiger partial charge in [0.2, 0.25) is 0 Å². The van der Waals surface area contributed by atoms with Gasteiger partial charge in [0, 0.05) is 24.3 Å². The van der Waals surface area contributed by atoms with Crippen molar-refractivity contribution in [1.82, 2.24) is 4.90 Å². The summed E-state index contributed by atoms with van der Waals surface area (Å²) in [5, 5.41) is 0.811. The normalized spacial score (nSPS) is 13.3. The lowest BCUT2D eigenvalue weighted by molar-refractivity contribution is -0.111. The fraction of sp³-hybridized carbons (Fsp3) is 0.864. The quantitative estimate of drug-likeness (QED) is 0.0488. The summed E-state index contributed by atoms with van der Waals surface area (Å²) in [5.41, 5.74) is 2.81. The number of nitrogens with zero attached hydrogens (tertiary/aromatic N) is 1. The average molecular weight is 722 g/mol. The Kier molecular flexibility index (Phi) is 34.2. The van der Waals surface area contributed by atoms with Crippen LogP contribution in [0.25, 0.3) is 0 Å². The van der Waals surface area contributed by atoms with Crippen LogP contribution in [0.5, 0.6) is 0 Å². The Morgan fingerprint density at radius 1 is 0.510 bits per heavy atom. The highest BCUT2D eigenvalue weighted by Crippen LogP contribution is 2.25. The minimum absolute atomic E-state index is 0.405. The first kappa shape index (κ1) is 48.5. The maximum Gasteiger partial charge on any atom is 0.188 e. The summed E-state index contributed by atoms with van der Waals surface area (Å²) in [6.45, 7) is 14.5. The maximum atomic E-state index is 12.3. The zero-order valence-electron chi connectivity index (χ0n) is 34.1. The third-order valence-electron chi connectivity index (χ3n) is 9.88.